The molecule has 2 amide bonds. The maximum atomic E-state index is 13.9. The SMILES string of the molecule is O=C1NC(=NC(=O)c2ccc(Cl)cc2)S/C1=C\c1ccccc1OCc1ccccc1F. The van der Waals surface area contributed by atoms with Gasteiger partial charge in [0.25, 0.3) is 11.8 Å². The molecule has 1 saturated heterocycles. The Kier molecular flexibility index (Phi) is 6.68. The van der Waals surface area contributed by atoms with Gasteiger partial charge in [0.15, 0.2) is 5.17 Å². The zero-order valence-corrected chi connectivity index (χ0v) is 18.1. The minimum atomic E-state index is -0.487. The second kappa shape index (κ2) is 9.80. The Hall–Kier alpha value is -3.42. The normalized spacial score (nSPS) is 15.8. The Morgan fingerprint density at radius 3 is 2.56 bits per heavy atom. The molecule has 3 aromatic carbocycles. The van der Waals surface area contributed by atoms with Gasteiger partial charge in [-0.15, -0.1) is 0 Å². The van der Waals surface area contributed by atoms with E-state index in [1.54, 1.807) is 72.8 Å². The van der Waals surface area contributed by atoms with E-state index < -0.39 is 5.91 Å². The molecule has 8 heteroatoms. The third-order valence-electron chi connectivity index (χ3n) is 4.49. The van der Waals surface area contributed by atoms with Crippen molar-refractivity contribution in [1.29, 1.82) is 0 Å². The van der Waals surface area contributed by atoms with E-state index in [-0.39, 0.29) is 23.5 Å². The molecule has 0 aromatic heterocycles. The summed E-state index contributed by atoms with van der Waals surface area (Å²) in [4.78, 5) is 29.0. The quantitative estimate of drug-likeness (QED) is 0.507. The number of carbonyl (C=O) groups excluding carboxylic acids is 2. The zero-order valence-electron chi connectivity index (χ0n) is 16.5. The van der Waals surface area contributed by atoms with Crippen LogP contribution in [-0.2, 0) is 11.4 Å². The molecular weight excluding hydrogens is 451 g/mol. The van der Waals surface area contributed by atoms with E-state index in [0.717, 1.165) is 11.8 Å². The molecule has 0 aliphatic carbocycles. The van der Waals surface area contributed by atoms with Crippen LogP contribution in [0.15, 0.2) is 82.7 Å². The number of hydrogen-bond acceptors (Lipinski definition) is 4. The van der Waals surface area contributed by atoms with Gasteiger partial charge in [0, 0.05) is 21.7 Å². The van der Waals surface area contributed by atoms with Crippen LogP contribution in [0.5, 0.6) is 5.75 Å². The van der Waals surface area contributed by atoms with E-state index in [1.807, 2.05) is 0 Å². The number of para-hydroxylation sites is 1. The van der Waals surface area contributed by atoms with Gasteiger partial charge in [-0.25, -0.2) is 4.39 Å². The third-order valence-corrected chi connectivity index (χ3v) is 5.65. The van der Waals surface area contributed by atoms with E-state index in [4.69, 9.17) is 16.3 Å². The van der Waals surface area contributed by atoms with Crippen molar-refractivity contribution in [2.24, 2.45) is 4.99 Å². The van der Waals surface area contributed by atoms with Gasteiger partial charge in [0.1, 0.15) is 18.2 Å². The maximum absolute atomic E-state index is 13.9. The zero-order chi connectivity index (χ0) is 22.5. The molecule has 0 radical (unpaired) electrons. The molecule has 1 heterocycles. The van der Waals surface area contributed by atoms with E-state index in [9.17, 15) is 14.0 Å². The Morgan fingerprint density at radius 2 is 1.78 bits per heavy atom. The summed E-state index contributed by atoms with van der Waals surface area (Å²) in [6, 6.07) is 19.8. The van der Waals surface area contributed by atoms with Crippen LogP contribution in [0.25, 0.3) is 6.08 Å². The van der Waals surface area contributed by atoms with Crippen molar-refractivity contribution in [3.63, 3.8) is 0 Å². The van der Waals surface area contributed by atoms with Crippen LogP contribution in [0.4, 0.5) is 4.39 Å². The fraction of sp³-hybridized carbons (Fsp3) is 0.0417. The number of benzene rings is 3. The van der Waals surface area contributed by atoms with Crippen LogP contribution in [-0.4, -0.2) is 17.0 Å². The number of nitrogens with one attached hydrogen (secondary N) is 1. The lowest BCUT2D eigenvalue weighted by atomic mass is 10.1. The first-order valence-electron chi connectivity index (χ1n) is 9.54. The minimum Gasteiger partial charge on any atom is -0.488 e. The molecular formula is C24H16ClFN2O3S. The number of ether oxygens (including phenoxy) is 1. The van der Waals surface area contributed by atoms with Crippen molar-refractivity contribution < 1.29 is 18.7 Å². The summed E-state index contributed by atoms with van der Waals surface area (Å²) in [5.74, 6) is -0.708. The van der Waals surface area contributed by atoms with Crippen LogP contribution in [0, 0.1) is 5.82 Å². The fourth-order valence-electron chi connectivity index (χ4n) is 2.87. The Morgan fingerprint density at radius 1 is 1.06 bits per heavy atom. The van der Waals surface area contributed by atoms with Gasteiger partial charge in [-0.1, -0.05) is 48.0 Å². The number of thioether (sulfide) groups is 1. The molecule has 3 aromatic rings. The number of amidine groups is 1. The molecule has 0 unspecified atom stereocenters. The molecule has 0 spiro atoms. The van der Waals surface area contributed by atoms with E-state index in [1.165, 1.54) is 6.07 Å². The van der Waals surface area contributed by atoms with E-state index >= 15 is 0 Å². The van der Waals surface area contributed by atoms with Crippen molar-refractivity contribution in [2.45, 2.75) is 6.61 Å². The van der Waals surface area contributed by atoms with Crippen molar-refractivity contribution in [3.05, 3.63) is 105 Å². The highest BCUT2D eigenvalue weighted by atomic mass is 35.5. The average Bonchev–Trinajstić information content (AvgIpc) is 3.13. The first-order valence-corrected chi connectivity index (χ1v) is 10.7. The molecule has 1 fully saturated rings. The Balaban J connectivity index is 1.50. The number of amides is 2. The predicted molar refractivity (Wildman–Crippen MR) is 124 cm³/mol. The van der Waals surface area contributed by atoms with Crippen molar-refractivity contribution >= 4 is 46.4 Å². The summed E-state index contributed by atoms with van der Waals surface area (Å²) >= 11 is 6.89. The highest BCUT2D eigenvalue weighted by Gasteiger charge is 2.25. The van der Waals surface area contributed by atoms with Gasteiger partial charge in [-0.3, -0.25) is 9.59 Å². The van der Waals surface area contributed by atoms with Crippen LogP contribution in [0.3, 0.4) is 0 Å². The first-order chi connectivity index (χ1) is 15.5. The average molecular weight is 467 g/mol. The summed E-state index contributed by atoms with van der Waals surface area (Å²) in [6.45, 7) is 0.0501. The molecule has 0 saturated carbocycles. The highest BCUT2D eigenvalue weighted by molar-refractivity contribution is 8.18. The molecule has 0 atom stereocenters. The van der Waals surface area contributed by atoms with Gasteiger partial charge >= 0.3 is 0 Å². The smallest absolute Gasteiger partial charge is 0.279 e. The standard InChI is InChI=1S/C24H16ClFN2O3S/c25-18-11-9-15(10-12-18)22(29)27-24-28-23(30)21(32-24)13-16-5-2-4-8-20(16)31-14-17-6-1-3-7-19(17)26/h1-13H,14H2,(H,27,28,29,30)/b21-13-. The second-order valence-electron chi connectivity index (χ2n) is 6.71. The van der Waals surface area contributed by atoms with Crippen LogP contribution < -0.4 is 10.1 Å². The predicted octanol–water partition coefficient (Wildman–Crippen LogP) is 5.46. The number of hydrogen-bond donors (Lipinski definition) is 1. The molecule has 0 bridgehead atoms. The molecule has 32 heavy (non-hydrogen) atoms. The topological polar surface area (TPSA) is 67.8 Å². The largest absolute Gasteiger partial charge is 0.488 e. The molecule has 4 rings (SSSR count). The van der Waals surface area contributed by atoms with Crippen LogP contribution in [0.1, 0.15) is 21.5 Å². The number of halogens is 2. The lowest BCUT2D eigenvalue weighted by Gasteiger charge is -2.10. The second-order valence-corrected chi connectivity index (χ2v) is 8.18. The summed E-state index contributed by atoms with van der Waals surface area (Å²) in [6.07, 6.45) is 1.64. The van der Waals surface area contributed by atoms with Gasteiger partial charge in [-0.05, 0) is 54.2 Å². The van der Waals surface area contributed by atoms with E-state index in [2.05, 4.69) is 10.3 Å². The maximum Gasteiger partial charge on any atom is 0.279 e. The minimum absolute atomic E-state index is 0.0501. The van der Waals surface area contributed by atoms with Crippen molar-refractivity contribution in [2.75, 3.05) is 0 Å². The lowest BCUT2D eigenvalue weighted by Crippen LogP contribution is -2.20. The van der Waals surface area contributed by atoms with Crippen LogP contribution >= 0.6 is 23.4 Å². The van der Waals surface area contributed by atoms with Gasteiger partial charge in [0.2, 0.25) is 0 Å². The monoisotopic (exact) mass is 466 g/mol. The van der Waals surface area contributed by atoms with E-state index in [0.29, 0.717) is 32.4 Å². The van der Waals surface area contributed by atoms with Crippen LogP contribution in [0.2, 0.25) is 5.02 Å². The van der Waals surface area contributed by atoms with Gasteiger partial charge in [0.05, 0.1) is 4.91 Å². The van der Waals surface area contributed by atoms with Gasteiger partial charge in [-0.2, -0.15) is 4.99 Å². The molecule has 5 nitrogen and oxygen atoms in total. The molecule has 1 aliphatic rings. The molecule has 1 aliphatic heterocycles. The molecule has 160 valence electrons. The number of rotatable bonds is 5. The Bertz CT molecular complexity index is 1240. The Labute approximate surface area is 193 Å². The number of aliphatic imine (C=N–C) groups is 1. The summed E-state index contributed by atoms with van der Waals surface area (Å²) in [7, 11) is 0. The molecule has 1 N–H and O–H groups in total. The van der Waals surface area contributed by atoms with Crippen molar-refractivity contribution in [3.8, 4) is 5.75 Å². The lowest BCUT2D eigenvalue weighted by molar-refractivity contribution is -0.115. The third kappa shape index (κ3) is 5.25. The summed E-state index contributed by atoms with van der Waals surface area (Å²) < 4.78 is 19.7. The first kappa shape index (κ1) is 21.8. The fourth-order valence-corrected chi connectivity index (χ4v) is 3.81. The van der Waals surface area contributed by atoms with Gasteiger partial charge < -0.3 is 10.1 Å². The van der Waals surface area contributed by atoms with Crippen molar-refractivity contribution in [1.82, 2.24) is 5.32 Å². The highest BCUT2D eigenvalue weighted by Crippen LogP contribution is 2.30. The number of carbonyl (C=O) groups is 2. The summed E-state index contributed by atoms with van der Waals surface area (Å²) in [5, 5.41) is 3.29. The summed E-state index contributed by atoms with van der Waals surface area (Å²) in [5.41, 5.74) is 1.44. The number of nitrogens with zero attached hydrogens (tertiary/aromatic N) is 1.